The minimum absolute atomic E-state index is 0.0406. The molecule has 0 N–H and O–H groups in total. The molecule has 37 heavy (non-hydrogen) atoms. The van der Waals surface area contributed by atoms with Gasteiger partial charge in [-0.2, -0.15) is 0 Å². The molecule has 1 amide bonds. The van der Waals surface area contributed by atoms with Gasteiger partial charge in [-0.3, -0.25) is 14.5 Å². The zero-order valence-electron chi connectivity index (χ0n) is 20.8. The molecule has 1 aliphatic rings. The summed E-state index contributed by atoms with van der Waals surface area (Å²) in [5.74, 6) is 0.327. The van der Waals surface area contributed by atoms with E-state index < -0.39 is 23.2 Å². The standard InChI is InChI=1S/C30H28FNO5/c1-3-4-5-6-17-36-23-12-7-19(8-13-23)27-26-28(33)24-18-20(31)9-16-25(24)37-29(26)30(34)32(27)21-10-14-22(35-2)15-11-21/h7-16,18,27H,3-6,17H2,1-2H3. The summed E-state index contributed by atoms with van der Waals surface area (Å²) < 4.78 is 31.0. The van der Waals surface area contributed by atoms with Gasteiger partial charge in [0.15, 0.2) is 5.43 Å². The molecule has 0 spiro atoms. The van der Waals surface area contributed by atoms with Gasteiger partial charge in [-0.1, -0.05) is 38.3 Å². The van der Waals surface area contributed by atoms with E-state index in [2.05, 4.69) is 6.92 Å². The van der Waals surface area contributed by atoms with Gasteiger partial charge in [0.1, 0.15) is 22.9 Å². The minimum atomic E-state index is -0.751. The molecule has 0 radical (unpaired) electrons. The largest absolute Gasteiger partial charge is 0.497 e. The number of rotatable bonds is 9. The first-order valence-electron chi connectivity index (χ1n) is 12.5. The van der Waals surface area contributed by atoms with Crippen LogP contribution in [0.2, 0.25) is 0 Å². The number of hydrogen-bond donors (Lipinski definition) is 0. The van der Waals surface area contributed by atoms with Gasteiger partial charge in [0, 0.05) is 5.69 Å². The van der Waals surface area contributed by atoms with Crippen molar-refractivity contribution in [3.05, 3.63) is 99.7 Å². The van der Waals surface area contributed by atoms with Crippen LogP contribution in [0.3, 0.4) is 0 Å². The van der Waals surface area contributed by atoms with Crippen LogP contribution in [0.1, 0.15) is 60.3 Å². The molecule has 190 valence electrons. The van der Waals surface area contributed by atoms with Crippen molar-refractivity contribution < 1.29 is 23.1 Å². The average molecular weight is 502 g/mol. The van der Waals surface area contributed by atoms with Crippen LogP contribution in [0.5, 0.6) is 11.5 Å². The minimum Gasteiger partial charge on any atom is -0.497 e. The number of carbonyl (C=O) groups excluding carboxylic acids is 1. The summed E-state index contributed by atoms with van der Waals surface area (Å²) in [6.07, 6.45) is 4.45. The van der Waals surface area contributed by atoms with Gasteiger partial charge >= 0.3 is 0 Å². The third-order valence-electron chi connectivity index (χ3n) is 6.65. The third-order valence-corrected chi connectivity index (χ3v) is 6.65. The highest BCUT2D eigenvalue weighted by Gasteiger charge is 2.43. The number of anilines is 1. The van der Waals surface area contributed by atoms with Crippen molar-refractivity contribution in [3.63, 3.8) is 0 Å². The van der Waals surface area contributed by atoms with E-state index in [1.54, 1.807) is 31.4 Å². The topological polar surface area (TPSA) is 69.0 Å². The number of amides is 1. The summed E-state index contributed by atoms with van der Waals surface area (Å²) in [5.41, 5.74) is 1.21. The van der Waals surface area contributed by atoms with E-state index in [-0.39, 0.29) is 22.3 Å². The van der Waals surface area contributed by atoms with Crippen molar-refractivity contribution in [2.24, 2.45) is 0 Å². The maximum absolute atomic E-state index is 14.0. The highest BCUT2D eigenvalue weighted by molar-refractivity contribution is 6.10. The lowest BCUT2D eigenvalue weighted by atomic mass is 9.98. The first-order chi connectivity index (χ1) is 18.0. The molecule has 4 aromatic rings. The Morgan fingerprint density at radius 2 is 1.65 bits per heavy atom. The maximum Gasteiger partial charge on any atom is 0.295 e. The van der Waals surface area contributed by atoms with Crippen molar-refractivity contribution in [2.75, 3.05) is 18.6 Å². The van der Waals surface area contributed by atoms with E-state index >= 15 is 0 Å². The fraction of sp³-hybridized carbons (Fsp3) is 0.267. The molecular formula is C30H28FNO5. The number of fused-ring (bicyclic) bond motifs is 2. The number of hydrogen-bond acceptors (Lipinski definition) is 5. The fourth-order valence-electron chi connectivity index (χ4n) is 4.73. The number of unbranched alkanes of at least 4 members (excludes halogenated alkanes) is 3. The number of benzene rings is 3. The molecule has 1 atom stereocenters. The predicted octanol–water partition coefficient (Wildman–Crippen LogP) is 6.65. The molecular weight excluding hydrogens is 473 g/mol. The molecule has 5 rings (SSSR count). The molecule has 2 heterocycles. The summed E-state index contributed by atoms with van der Waals surface area (Å²) in [7, 11) is 1.56. The Morgan fingerprint density at radius 1 is 0.919 bits per heavy atom. The van der Waals surface area contributed by atoms with E-state index in [9.17, 15) is 14.0 Å². The summed E-state index contributed by atoms with van der Waals surface area (Å²) in [6, 6.07) is 17.4. The molecule has 3 aromatic carbocycles. The molecule has 1 unspecified atom stereocenters. The van der Waals surface area contributed by atoms with Crippen LogP contribution in [-0.2, 0) is 0 Å². The van der Waals surface area contributed by atoms with Crippen molar-refractivity contribution in [1.29, 1.82) is 0 Å². The fourth-order valence-corrected chi connectivity index (χ4v) is 4.73. The Hall–Kier alpha value is -4.13. The van der Waals surface area contributed by atoms with Crippen molar-refractivity contribution in [3.8, 4) is 11.5 Å². The second-order valence-corrected chi connectivity index (χ2v) is 9.07. The SMILES string of the molecule is CCCCCCOc1ccc(C2c3c(oc4ccc(F)cc4c3=O)C(=O)N2c2ccc(OC)cc2)cc1. The first kappa shape index (κ1) is 24.6. The molecule has 0 saturated heterocycles. The molecule has 0 aliphatic carbocycles. The molecule has 0 bridgehead atoms. The summed E-state index contributed by atoms with van der Waals surface area (Å²) in [4.78, 5) is 28.8. The lowest BCUT2D eigenvalue weighted by Gasteiger charge is -2.25. The lowest BCUT2D eigenvalue weighted by molar-refractivity contribution is 0.0971. The molecule has 0 fully saturated rings. The van der Waals surface area contributed by atoms with E-state index in [1.807, 2.05) is 24.3 Å². The molecule has 6 nitrogen and oxygen atoms in total. The summed E-state index contributed by atoms with van der Waals surface area (Å²) >= 11 is 0. The van der Waals surface area contributed by atoms with E-state index in [1.165, 1.54) is 23.5 Å². The van der Waals surface area contributed by atoms with Crippen LogP contribution in [0.25, 0.3) is 11.0 Å². The number of halogens is 1. The van der Waals surface area contributed by atoms with Crippen molar-refractivity contribution in [1.82, 2.24) is 0 Å². The first-order valence-corrected chi connectivity index (χ1v) is 12.5. The second kappa shape index (κ2) is 10.5. The van der Waals surface area contributed by atoms with Gasteiger partial charge < -0.3 is 13.9 Å². The molecule has 7 heteroatoms. The van der Waals surface area contributed by atoms with Crippen LogP contribution in [0, 0.1) is 5.82 Å². The molecule has 1 aromatic heterocycles. The Balaban J connectivity index is 1.57. The number of methoxy groups -OCH3 is 1. The lowest BCUT2D eigenvalue weighted by Crippen LogP contribution is -2.29. The highest BCUT2D eigenvalue weighted by Crippen LogP contribution is 2.42. The Kier molecular flexibility index (Phi) is 6.95. The third kappa shape index (κ3) is 4.69. The highest BCUT2D eigenvalue weighted by atomic mass is 19.1. The molecule has 1 aliphatic heterocycles. The number of carbonyl (C=O) groups is 1. The van der Waals surface area contributed by atoms with Gasteiger partial charge in [-0.25, -0.2) is 4.39 Å². The summed E-state index contributed by atoms with van der Waals surface area (Å²) in [5, 5.41) is 0.0974. The monoisotopic (exact) mass is 501 g/mol. The number of ether oxygens (including phenoxy) is 2. The van der Waals surface area contributed by atoms with E-state index in [4.69, 9.17) is 13.9 Å². The average Bonchev–Trinajstić information content (AvgIpc) is 3.21. The van der Waals surface area contributed by atoms with E-state index in [0.717, 1.165) is 25.3 Å². The van der Waals surface area contributed by atoms with Gasteiger partial charge in [0.05, 0.1) is 30.7 Å². The Bertz CT molecular complexity index is 1480. The van der Waals surface area contributed by atoms with Gasteiger partial charge in [0.2, 0.25) is 5.76 Å². The predicted molar refractivity (Wildman–Crippen MR) is 140 cm³/mol. The number of nitrogens with zero attached hydrogens (tertiary/aromatic N) is 1. The van der Waals surface area contributed by atoms with Crippen LogP contribution in [-0.4, -0.2) is 19.6 Å². The zero-order valence-corrected chi connectivity index (χ0v) is 20.8. The van der Waals surface area contributed by atoms with Crippen LogP contribution >= 0.6 is 0 Å². The van der Waals surface area contributed by atoms with Gasteiger partial charge in [-0.05, 0) is 66.6 Å². The van der Waals surface area contributed by atoms with Crippen molar-refractivity contribution in [2.45, 2.75) is 38.6 Å². The second-order valence-electron chi connectivity index (χ2n) is 9.07. The zero-order chi connectivity index (χ0) is 25.9. The van der Waals surface area contributed by atoms with Gasteiger partial charge in [0.25, 0.3) is 5.91 Å². The van der Waals surface area contributed by atoms with Crippen LogP contribution in [0.4, 0.5) is 10.1 Å². The van der Waals surface area contributed by atoms with Gasteiger partial charge in [-0.15, -0.1) is 0 Å². The van der Waals surface area contributed by atoms with E-state index in [0.29, 0.717) is 29.4 Å². The quantitative estimate of drug-likeness (QED) is 0.240. The van der Waals surface area contributed by atoms with Crippen LogP contribution < -0.4 is 19.8 Å². The molecule has 0 saturated carbocycles. The normalized spacial score (nSPS) is 14.7. The smallest absolute Gasteiger partial charge is 0.295 e. The van der Waals surface area contributed by atoms with Crippen molar-refractivity contribution >= 4 is 22.6 Å². The summed E-state index contributed by atoms with van der Waals surface area (Å²) in [6.45, 7) is 2.80. The Labute approximate surface area is 214 Å². The van der Waals surface area contributed by atoms with Crippen LogP contribution in [0.15, 0.2) is 75.9 Å². The maximum atomic E-state index is 14.0. The Morgan fingerprint density at radius 3 is 2.35 bits per heavy atom.